The molecule has 0 radical (unpaired) electrons. The molecule has 68 valence electrons. The molecule has 0 bridgehead atoms. The van der Waals surface area contributed by atoms with Gasteiger partial charge in [-0.1, -0.05) is 0 Å². The van der Waals surface area contributed by atoms with Crippen LogP contribution in [-0.4, -0.2) is 21.0 Å². The molecule has 0 spiro atoms. The predicted octanol–water partition coefficient (Wildman–Crippen LogP) is -0.0187. The molecule has 1 heterocycles. The van der Waals surface area contributed by atoms with Crippen molar-refractivity contribution in [1.82, 2.24) is 4.98 Å². The Morgan fingerprint density at radius 1 is 1.62 bits per heavy atom. The van der Waals surface area contributed by atoms with Gasteiger partial charge in [0.05, 0.1) is 4.92 Å². The van der Waals surface area contributed by atoms with E-state index in [2.05, 4.69) is 0 Å². The summed E-state index contributed by atoms with van der Waals surface area (Å²) in [6.07, 6.45) is 1.04. The first-order chi connectivity index (χ1) is 6.04. The molecule has 1 rings (SSSR count). The molecule has 0 fully saturated rings. The molecule has 7 heteroatoms. The highest BCUT2D eigenvalue weighted by Gasteiger charge is 2.23. The Hall–Kier alpha value is -2.18. The van der Waals surface area contributed by atoms with Gasteiger partial charge in [0.15, 0.2) is 0 Å². The topological polar surface area (TPSA) is 113 Å². The van der Waals surface area contributed by atoms with Crippen LogP contribution in [0.25, 0.3) is 0 Å². The van der Waals surface area contributed by atoms with E-state index in [9.17, 15) is 19.7 Å². The van der Waals surface area contributed by atoms with E-state index < -0.39 is 27.7 Å². The lowest BCUT2D eigenvalue weighted by Crippen LogP contribution is -2.15. The summed E-state index contributed by atoms with van der Waals surface area (Å²) in [5, 5.41) is 18.8. The molecule has 0 aliphatic carbocycles. The van der Waals surface area contributed by atoms with Gasteiger partial charge in [0, 0.05) is 6.20 Å². The van der Waals surface area contributed by atoms with Crippen molar-refractivity contribution in [3.63, 3.8) is 0 Å². The second-order valence-corrected chi connectivity index (χ2v) is 2.13. The van der Waals surface area contributed by atoms with Crippen LogP contribution >= 0.6 is 0 Å². The van der Waals surface area contributed by atoms with E-state index in [1.54, 1.807) is 0 Å². The van der Waals surface area contributed by atoms with Crippen molar-refractivity contribution in [3.05, 3.63) is 38.3 Å². The zero-order chi connectivity index (χ0) is 10.0. The second-order valence-electron chi connectivity index (χ2n) is 2.13. The van der Waals surface area contributed by atoms with E-state index in [1.165, 1.54) is 0 Å². The van der Waals surface area contributed by atoms with Crippen molar-refractivity contribution in [2.45, 2.75) is 0 Å². The third-order valence-electron chi connectivity index (χ3n) is 1.35. The van der Waals surface area contributed by atoms with Gasteiger partial charge >= 0.3 is 17.2 Å². The molecular formula is C6H4N2O5. The van der Waals surface area contributed by atoms with E-state index in [1.807, 2.05) is 4.98 Å². The van der Waals surface area contributed by atoms with Gasteiger partial charge in [-0.15, -0.1) is 0 Å². The number of carbonyl (C=O) groups is 1. The number of aromatic nitrogens is 1. The Bertz CT molecular complexity index is 421. The highest BCUT2D eigenvalue weighted by molar-refractivity contribution is 5.91. The number of nitrogens with zero attached hydrogens (tertiary/aromatic N) is 1. The number of carboxylic acid groups (broad SMARTS) is 1. The van der Waals surface area contributed by atoms with Crippen LogP contribution in [-0.2, 0) is 0 Å². The molecule has 0 aliphatic heterocycles. The number of pyridine rings is 1. The molecule has 0 unspecified atom stereocenters. The Morgan fingerprint density at radius 3 is 2.62 bits per heavy atom. The van der Waals surface area contributed by atoms with Crippen LogP contribution in [0.1, 0.15) is 10.4 Å². The maximum atomic E-state index is 10.8. The van der Waals surface area contributed by atoms with Crippen LogP contribution in [0.5, 0.6) is 0 Å². The minimum atomic E-state index is -1.50. The maximum absolute atomic E-state index is 10.8. The minimum Gasteiger partial charge on any atom is -0.477 e. The number of nitro groups is 1. The van der Waals surface area contributed by atoms with E-state index in [0.29, 0.717) is 0 Å². The van der Waals surface area contributed by atoms with Crippen molar-refractivity contribution in [2.75, 3.05) is 0 Å². The minimum absolute atomic E-state index is 0.617. The first kappa shape index (κ1) is 8.91. The molecule has 2 N–H and O–H groups in total. The van der Waals surface area contributed by atoms with Gasteiger partial charge in [-0.3, -0.25) is 14.9 Å². The Kier molecular flexibility index (Phi) is 2.09. The maximum Gasteiger partial charge on any atom is 0.348 e. The summed E-state index contributed by atoms with van der Waals surface area (Å²) in [5.74, 6) is -1.50. The number of H-pyrrole nitrogens is 1. The number of carboxylic acids is 1. The fourth-order valence-corrected chi connectivity index (χ4v) is 0.824. The van der Waals surface area contributed by atoms with Crippen molar-refractivity contribution >= 4 is 11.7 Å². The lowest BCUT2D eigenvalue weighted by atomic mass is 10.2. The number of aromatic amines is 1. The normalized spacial score (nSPS) is 9.54. The average molecular weight is 184 g/mol. The van der Waals surface area contributed by atoms with E-state index >= 15 is 0 Å². The molecule has 1 aromatic rings. The van der Waals surface area contributed by atoms with Crippen molar-refractivity contribution in [2.24, 2.45) is 0 Å². The SMILES string of the molecule is O=C(O)c1cc[nH]c(=O)c1[N+](=O)[O-]. The van der Waals surface area contributed by atoms with Gasteiger partial charge in [0.1, 0.15) is 5.56 Å². The van der Waals surface area contributed by atoms with Gasteiger partial charge in [-0.25, -0.2) is 4.79 Å². The highest BCUT2D eigenvalue weighted by Crippen LogP contribution is 2.10. The lowest BCUT2D eigenvalue weighted by molar-refractivity contribution is -0.386. The molecule has 0 atom stereocenters. The number of hydrogen-bond acceptors (Lipinski definition) is 4. The molecule has 0 aliphatic rings. The zero-order valence-electron chi connectivity index (χ0n) is 6.18. The monoisotopic (exact) mass is 184 g/mol. The summed E-state index contributed by atoms with van der Waals surface area (Å²) in [5.41, 5.74) is -2.59. The molecule has 13 heavy (non-hydrogen) atoms. The number of nitrogens with one attached hydrogen (secondary N) is 1. The Labute approximate surface area is 70.8 Å². The van der Waals surface area contributed by atoms with Crippen LogP contribution in [0.3, 0.4) is 0 Å². The van der Waals surface area contributed by atoms with Gasteiger partial charge < -0.3 is 10.1 Å². The predicted molar refractivity (Wildman–Crippen MR) is 40.7 cm³/mol. The average Bonchev–Trinajstić information content (AvgIpc) is 2.02. The first-order valence-electron chi connectivity index (χ1n) is 3.13. The smallest absolute Gasteiger partial charge is 0.348 e. The molecule has 7 nitrogen and oxygen atoms in total. The van der Waals surface area contributed by atoms with Gasteiger partial charge in [0.25, 0.3) is 0 Å². The summed E-state index contributed by atoms with van der Waals surface area (Å²) >= 11 is 0. The Balaban J connectivity index is 3.52. The molecular weight excluding hydrogens is 180 g/mol. The van der Waals surface area contributed by atoms with E-state index in [-0.39, 0.29) is 0 Å². The van der Waals surface area contributed by atoms with Crippen molar-refractivity contribution in [3.8, 4) is 0 Å². The summed E-state index contributed by atoms with van der Waals surface area (Å²) in [6, 6.07) is 0.960. The third kappa shape index (κ3) is 1.53. The largest absolute Gasteiger partial charge is 0.477 e. The zero-order valence-corrected chi connectivity index (χ0v) is 6.18. The van der Waals surface area contributed by atoms with Crippen LogP contribution in [0.4, 0.5) is 5.69 Å². The number of aromatic carboxylic acids is 1. The summed E-state index contributed by atoms with van der Waals surface area (Å²) in [6.45, 7) is 0. The summed E-state index contributed by atoms with van der Waals surface area (Å²) in [7, 11) is 0. The molecule has 1 aromatic heterocycles. The van der Waals surface area contributed by atoms with Crippen LogP contribution in [0.15, 0.2) is 17.1 Å². The van der Waals surface area contributed by atoms with Gasteiger partial charge in [0.2, 0.25) is 0 Å². The van der Waals surface area contributed by atoms with Crippen LogP contribution in [0.2, 0.25) is 0 Å². The third-order valence-corrected chi connectivity index (χ3v) is 1.35. The fraction of sp³-hybridized carbons (Fsp3) is 0. The molecule has 0 aromatic carbocycles. The Morgan fingerprint density at radius 2 is 2.23 bits per heavy atom. The fourth-order valence-electron chi connectivity index (χ4n) is 0.824. The molecule has 0 amide bonds. The first-order valence-corrected chi connectivity index (χ1v) is 3.13. The van der Waals surface area contributed by atoms with E-state index in [0.717, 1.165) is 12.3 Å². The van der Waals surface area contributed by atoms with Gasteiger partial charge in [-0.2, -0.15) is 0 Å². The second kappa shape index (κ2) is 3.05. The summed E-state index contributed by atoms with van der Waals surface area (Å²) < 4.78 is 0. The summed E-state index contributed by atoms with van der Waals surface area (Å²) in [4.78, 5) is 32.5. The number of hydrogen-bond donors (Lipinski definition) is 2. The standard InChI is InChI=1S/C6H4N2O5/c9-5-4(8(12)13)3(6(10)11)1-2-7-5/h1-2H,(H,7,9)(H,10,11). The molecule has 0 saturated carbocycles. The van der Waals surface area contributed by atoms with Crippen molar-refractivity contribution in [1.29, 1.82) is 0 Å². The lowest BCUT2D eigenvalue weighted by Gasteiger charge is -1.94. The van der Waals surface area contributed by atoms with Crippen molar-refractivity contribution < 1.29 is 14.8 Å². The highest BCUT2D eigenvalue weighted by atomic mass is 16.6. The quantitative estimate of drug-likeness (QED) is 0.495. The number of rotatable bonds is 2. The van der Waals surface area contributed by atoms with Gasteiger partial charge in [-0.05, 0) is 6.07 Å². The molecule has 0 saturated heterocycles. The van der Waals surface area contributed by atoms with Crippen LogP contribution < -0.4 is 5.56 Å². The van der Waals surface area contributed by atoms with E-state index in [4.69, 9.17) is 5.11 Å². The van der Waals surface area contributed by atoms with Crippen LogP contribution in [0, 0.1) is 10.1 Å².